The van der Waals surface area contributed by atoms with Crippen molar-refractivity contribution in [3.05, 3.63) is 45.8 Å². The summed E-state index contributed by atoms with van der Waals surface area (Å²) in [7, 11) is 0. The van der Waals surface area contributed by atoms with Crippen molar-refractivity contribution in [2.75, 3.05) is 0 Å². The van der Waals surface area contributed by atoms with Crippen LogP contribution < -0.4 is 10.1 Å². The molecule has 6 heteroatoms. The molecule has 1 aromatic heterocycles. The van der Waals surface area contributed by atoms with Crippen molar-refractivity contribution in [1.29, 1.82) is 0 Å². The number of hydrogen-bond acceptors (Lipinski definition) is 4. The molecule has 0 radical (unpaired) electrons. The molecule has 21 heavy (non-hydrogen) atoms. The quantitative estimate of drug-likeness (QED) is 0.856. The summed E-state index contributed by atoms with van der Waals surface area (Å²) in [4.78, 5) is 8.57. The number of rotatable bonds is 4. The molecule has 1 aromatic carbocycles. The molecule has 4 nitrogen and oxygen atoms in total. The minimum Gasteiger partial charge on any atom is -0.436 e. The van der Waals surface area contributed by atoms with Gasteiger partial charge in [0.2, 0.25) is 5.88 Å². The molecule has 0 aliphatic carbocycles. The van der Waals surface area contributed by atoms with Gasteiger partial charge in [0, 0.05) is 22.8 Å². The highest BCUT2D eigenvalue weighted by Crippen LogP contribution is 2.31. The van der Waals surface area contributed by atoms with Crippen molar-refractivity contribution in [2.24, 2.45) is 0 Å². The van der Waals surface area contributed by atoms with Gasteiger partial charge in [0.05, 0.1) is 16.9 Å². The van der Waals surface area contributed by atoms with Gasteiger partial charge in [-0.2, -0.15) is 0 Å². The van der Waals surface area contributed by atoms with Gasteiger partial charge < -0.3 is 10.1 Å². The first-order valence-corrected chi connectivity index (χ1v) is 7.69. The van der Waals surface area contributed by atoms with Crippen LogP contribution >= 0.6 is 27.5 Å². The van der Waals surface area contributed by atoms with Crippen molar-refractivity contribution in [2.45, 2.75) is 32.9 Å². The SMILES string of the molecule is CC(C)(C)NCc1cncc(Oc2cc(Br)ccc2Cl)n1. The normalized spacial score (nSPS) is 11.5. The number of hydrogen-bond donors (Lipinski definition) is 1. The fourth-order valence-electron chi connectivity index (χ4n) is 1.54. The Balaban J connectivity index is 2.12. The molecule has 0 unspecified atom stereocenters. The summed E-state index contributed by atoms with van der Waals surface area (Å²) in [5.74, 6) is 0.962. The third-order valence-electron chi connectivity index (χ3n) is 2.57. The summed E-state index contributed by atoms with van der Waals surface area (Å²) in [6.07, 6.45) is 3.28. The van der Waals surface area contributed by atoms with Crippen LogP contribution in [0.4, 0.5) is 0 Å². The lowest BCUT2D eigenvalue weighted by atomic mass is 10.1. The van der Waals surface area contributed by atoms with Crippen molar-refractivity contribution < 1.29 is 4.74 Å². The lowest BCUT2D eigenvalue weighted by Crippen LogP contribution is -2.35. The zero-order valence-electron chi connectivity index (χ0n) is 12.2. The molecule has 0 atom stereocenters. The maximum Gasteiger partial charge on any atom is 0.238 e. The number of ether oxygens (including phenoxy) is 1. The van der Waals surface area contributed by atoms with Crippen molar-refractivity contribution >= 4 is 27.5 Å². The van der Waals surface area contributed by atoms with Gasteiger partial charge in [-0.05, 0) is 39.0 Å². The summed E-state index contributed by atoms with van der Waals surface area (Å²) < 4.78 is 6.59. The molecule has 1 N–H and O–H groups in total. The standard InChI is InChI=1S/C15H17BrClN3O/c1-15(2,3)19-8-11-7-18-9-14(20-11)21-13-6-10(16)4-5-12(13)17/h4-7,9,19H,8H2,1-3H3. The van der Waals surface area contributed by atoms with E-state index < -0.39 is 0 Å². The highest BCUT2D eigenvalue weighted by atomic mass is 79.9. The van der Waals surface area contributed by atoms with E-state index in [-0.39, 0.29) is 5.54 Å². The highest BCUT2D eigenvalue weighted by molar-refractivity contribution is 9.10. The first-order valence-electron chi connectivity index (χ1n) is 6.52. The van der Waals surface area contributed by atoms with E-state index in [1.165, 1.54) is 0 Å². The van der Waals surface area contributed by atoms with E-state index in [0.29, 0.717) is 23.2 Å². The van der Waals surface area contributed by atoms with Crippen LogP contribution in [0.5, 0.6) is 11.6 Å². The van der Waals surface area contributed by atoms with Crippen LogP contribution in [0.25, 0.3) is 0 Å². The number of nitrogens with zero attached hydrogens (tertiary/aromatic N) is 2. The molecule has 0 fully saturated rings. The van der Waals surface area contributed by atoms with E-state index in [1.54, 1.807) is 24.5 Å². The van der Waals surface area contributed by atoms with Crippen LogP contribution in [0.15, 0.2) is 35.1 Å². The Morgan fingerprint density at radius 1 is 1.29 bits per heavy atom. The molecule has 2 rings (SSSR count). The highest BCUT2D eigenvalue weighted by Gasteiger charge is 2.10. The van der Waals surface area contributed by atoms with Crippen LogP contribution in [-0.4, -0.2) is 15.5 Å². The average Bonchev–Trinajstić information content (AvgIpc) is 2.40. The fraction of sp³-hybridized carbons (Fsp3) is 0.333. The lowest BCUT2D eigenvalue weighted by molar-refractivity contribution is 0.414. The lowest BCUT2D eigenvalue weighted by Gasteiger charge is -2.20. The van der Waals surface area contributed by atoms with Crippen LogP contribution in [0, 0.1) is 0 Å². The predicted molar refractivity (Wildman–Crippen MR) is 87.9 cm³/mol. The minimum absolute atomic E-state index is 0.0200. The zero-order chi connectivity index (χ0) is 15.5. The van der Waals surface area contributed by atoms with Crippen LogP contribution in [0.2, 0.25) is 5.02 Å². The fourth-order valence-corrected chi connectivity index (χ4v) is 2.04. The third-order valence-corrected chi connectivity index (χ3v) is 3.38. The van der Waals surface area contributed by atoms with Gasteiger partial charge >= 0.3 is 0 Å². The molecule has 0 aliphatic rings. The van der Waals surface area contributed by atoms with E-state index in [1.807, 2.05) is 6.07 Å². The Morgan fingerprint density at radius 2 is 2.05 bits per heavy atom. The monoisotopic (exact) mass is 369 g/mol. The number of nitrogens with one attached hydrogen (secondary N) is 1. The smallest absolute Gasteiger partial charge is 0.238 e. The molecule has 0 spiro atoms. The summed E-state index contributed by atoms with van der Waals surface area (Å²) >= 11 is 9.49. The van der Waals surface area contributed by atoms with Crippen LogP contribution in [0.1, 0.15) is 26.5 Å². The molecule has 0 saturated carbocycles. The molecule has 0 amide bonds. The van der Waals surface area contributed by atoms with Gasteiger partial charge in [-0.15, -0.1) is 0 Å². The molecule has 112 valence electrons. The molecular weight excluding hydrogens is 354 g/mol. The maximum atomic E-state index is 6.10. The molecule has 2 aromatic rings. The molecule has 1 heterocycles. The molecule has 0 saturated heterocycles. The van der Waals surface area contributed by atoms with Crippen molar-refractivity contribution in [1.82, 2.24) is 15.3 Å². The second-order valence-electron chi connectivity index (χ2n) is 5.63. The second kappa shape index (κ2) is 6.73. The molecule has 0 aliphatic heterocycles. The van der Waals surface area contributed by atoms with Gasteiger partial charge in [0.1, 0.15) is 5.75 Å². The first kappa shape index (κ1) is 16.2. The molecule has 0 bridgehead atoms. The Labute approximate surface area is 138 Å². The largest absolute Gasteiger partial charge is 0.436 e. The second-order valence-corrected chi connectivity index (χ2v) is 6.95. The zero-order valence-corrected chi connectivity index (χ0v) is 14.5. The third kappa shape index (κ3) is 5.26. The van der Waals surface area contributed by atoms with Crippen molar-refractivity contribution in [3.8, 4) is 11.6 Å². The van der Waals surface area contributed by atoms with Crippen molar-refractivity contribution in [3.63, 3.8) is 0 Å². The Kier molecular flexibility index (Phi) is 5.19. The van der Waals surface area contributed by atoms with Gasteiger partial charge in [-0.25, -0.2) is 4.98 Å². The van der Waals surface area contributed by atoms with E-state index >= 15 is 0 Å². The first-order chi connectivity index (χ1) is 9.83. The molecular formula is C15H17BrClN3O. The number of halogens is 2. The summed E-state index contributed by atoms with van der Waals surface area (Å²) in [6.45, 7) is 6.92. The van der Waals surface area contributed by atoms with Gasteiger partial charge in [0.15, 0.2) is 0 Å². The van der Waals surface area contributed by atoms with Gasteiger partial charge in [-0.1, -0.05) is 27.5 Å². The minimum atomic E-state index is 0.0200. The average molecular weight is 371 g/mol. The maximum absolute atomic E-state index is 6.10. The Bertz CT molecular complexity index is 629. The topological polar surface area (TPSA) is 47.0 Å². The van der Waals surface area contributed by atoms with Crippen LogP contribution in [-0.2, 0) is 6.54 Å². The summed E-state index contributed by atoms with van der Waals surface area (Å²) in [6, 6.07) is 5.41. The summed E-state index contributed by atoms with van der Waals surface area (Å²) in [5, 5.41) is 3.88. The Hall–Kier alpha value is -1.17. The number of benzene rings is 1. The summed E-state index contributed by atoms with van der Waals surface area (Å²) in [5.41, 5.74) is 0.833. The van der Waals surface area contributed by atoms with E-state index in [4.69, 9.17) is 16.3 Å². The van der Waals surface area contributed by atoms with E-state index in [9.17, 15) is 0 Å². The van der Waals surface area contributed by atoms with Gasteiger partial charge in [0.25, 0.3) is 0 Å². The Morgan fingerprint density at radius 3 is 2.76 bits per heavy atom. The van der Waals surface area contributed by atoms with Gasteiger partial charge in [-0.3, -0.25) is 4.98 Å². The number of aromatic nitrogens is 2. The van der Waals surface area contributed by atoms with E-state index in [2.05, 4.69) is 52.0 Å². The van der Waals surface area contributed by atoms with Crippen LogP contribution in [0.3, 0.4) is 0 Å². The van der Waals surface area contributed by atoms with E-state index in [0.717, 1.165) is 10.2 Å². The predicted octanol–water partition coefficient (Wildman–Crippen LogP) is 4.57.